The summed E-state index contributed by atoms with van der Waals surface area (Å²) >= 11 is 1.71. The van der Waals surface area contributed by atoms with Crippen molar-refractivity contribution in [3.05, 3.63) is 34.1 Å². The highest BCUT2D eigenvalue weighted by Crippen LogP contribution is 2.19. The van der Waals surface area contributed by atoms with Crippen molar-refractivity contribution in [2.75, 3.05) is 6.54 Å². The van der Waals surface area contributed by atoms with E-state index in [2.05, 4.69) is 33.8 Å². The number of thiophene rings is 1. The van der Waals surface area contributed by atoms with E-state index in [9.17, 15) is 0 Å². The summed E-state index contributed by atoms with van der Waals surface area (Å²) in [5, 5.41) is 9.39. The summed E-state index contributed by atoms with van der Waals surface area (Å²) < 4.78 is 5.31. The summed E-state index contributed by atoms with van der Waals surface area (Å²) in [4.78, 5) is 5.69. The molecule has 2 rings (SSSR count). The average Bonchev–Trinajstić information content (AvgIpc) is 2.89. The molecule has 0 amide bonds. The molecule has 5 heteroatoms. The van der Waals surface area contributed by atoms with Crippen molar-refractivity contribution >= 4 is 11.3 Å². The monoisotopic (exact) mass is 251 g/mol. The normalized spacial score (nSPS) is 11.9. The molecule has 2 aromatic rings. The van der Waals surface area contributed by atoms with E-state index in [4.69, 9.17) is 4.52 Å². The summed E-state index contributed by atoms with van der Waals surface area (Å²) in [5.41, 5.74) is -0.268. The topological polar surface area (TPSA) is 51.0 Å². The van der Waals surface area contributed by atoms with Crippen molar-refractivity contribution < 1.29 is 4.52 Å². The van der Waals surface area contributed by atoms with E-state index in [1.165, 1.54) is 4.88 Å². The summed E-state index contributed by atoms with van der Waals surface area (Å²) in [7, 11) is 0. The Labute approximate surface area is 105 Å². The van der Waals surface area contributed by atoms with E-state index in [1.54, 1.807) is 11.3 Å². The Hall–Kier alpha value is -1.20. The van der Waals surface area contributed by atoms with Crippen LogP contribution in [-0.2, 0) is 12.0 Å². The minimum Gasteiger partial charge on any atom is -0.337 e. The lowest BCUT2D eigenvalue weighted by Gasteiger charge is -2.20. The summed E-state index contributed by atoms with van der Waals surface area (Å²) in [6.07, 6.45) is 0.739. The Kier molecular flexibility index (Phi) is 3.59. The number of nitrogens with one attached hydrogen (secondary N) is 1. The molecule has 0 atom stereocenters. The van der Waals surface area contributed by atoms with Gasteiger partial charge in [-0.15, -0.1) is 11.3 Å². The first-order valence-electron chi connectivity index (χ1n) is 5.72. The summed E-state index contributed by atoms with van der Waals surface area (Å²) in [5.74, 6) is 1.39. The molecular formula is C12H17N3OS. The number of hydrogen-bond acceptors (Lipinski definition) is 5. The molecular weight excluding hydrogens is 234 g/mol. The molecule has 0 radical (unpaired) electrons. The lowest BCUT2D eigenvalue weighted by atomic mass is 10.1. The number of aromatic nitrogens is 2. The second kappa shape index (κ2) is 4.98. The molecule has 2 heterocycles. The van der Waals surface area contributed by atoms with Crippen LogP contribution in [0, 0.1) is 0 Å². The molecule has 0 aliphatic carbocycles. The number of rotatable bonds is 5. The standard InChI is InChI=1S/C12H17N3OS/c1-4-13-12(2,3)11-14-10(15-16-11)8-9-6-5-7-17-9/h5-7,13H,4,8H2,1-3H3. The van der Waals surface area contributed by atoms with Gasteiger partial charge in [0.15, 0.2) is 5.82 Å². The maximum Gasteiger partial charge on any atom is 0.246 e. The molecule has 0 saturated carbocycles. The fraction of sp³-hybridized carbons (Fsp3) is 0.500. The van der Waals surface area contributed by atoms with Crippen LogP contribution in [-0.4, -0.2) is 16.7 Å². The first-order valence-corrected chi connectivity index (χ1v) is 6.60. The van der Waals surface area contributed by atoms with Crippen LogP contribution in [0.2, 0.25) is 0 Å². The van der Waals surface area contributed by atoms with E-state index in [0.717, 1.165) is 18.8 Å². The predicted octanol–water partition coefficient (Wildman–Crippen LogP) is 2.57. The zero-order valence-electron chi connectivity index (χ0n) is 10.4. The van der Waals surface area contributed by atoms with Gasteiger partial charge >= 0.3 is 0 Å². The fourth-order valence-corrected chi connectivity index (χ4v) is 2.37. The third-order valence-electron chi connectivity index (χ3n) is 2.53. The lowest BCUT2D eigenvalue weighted by molar-refractivity contribution is 0.271. The van der Waals surface area contributed by atoms with Crippen LogP contribution in [0.15, 0.2) is 22.0 Å². The largest absolute Gasteiger partial charge is 0.337 e. The smallest absolute Gasteiger partial charge is 0.246 e. The van der Waals surface area contributed by atoms with Crippen LogP contribution in [0.3, 0.4) is 0 Å². The molecule has 0 spiro atoms. The van der Waals surface area contributed by atoms with Crippen LogP contribution in [0.1, 0.15) is 37.4 Å². The Morgan fingerprint density at radius 1 is 1.47 bits per heavy atom. The first-order chi connectivity index (χ1) is 8.12. The van der Waals surface area contributed by atoms with E-state index in [1.807, 2.05) is 19.9 Å². The van der Waals surface area contributed by atoms with Crippen molar-refractivity contribution in [3.8, 4) is 0 Å². The quantitative estimate of drug-likeness (QED) is 0.887. The lowest BCUT2D eigenvalue weighted by Crippen LogP contribution is -2.36. The molecule has 17 heavy (non-hydrogen) atoms. The predicted molar refractivity (Wildman–Crippen MR) is 68.1 cm³/mol. The van der Waals surface area contributed by atoms with E-state index in [0.29, 0.717) is 5.89 Å². The Balaban J connectivity index is 2.10. The summed E-state index contributed by atoms with van der Waals surface area (Å²) in [6.45, 7) is 7.01. The molecule has 0 saturated heterocycles. The zero-order chi connectivity index (χ0) is 12.3. The van der Waals surface area contributed by atoms with Crippen LogP contribution >= 0.6 is 11.3 Å². The van der Waals surface area contributed by atoms with Gasteiger partial charge in [-0.2, -0.15) is 4.98 Å². The van der Waals surface area contributed by atoms with Crippen molar-refractivity contribution in [2.45, 2.75) is 32.7 Å². The fourth-order valence-electron chi connectivity index (χ4n) is 1.67. The summed E-state index contributed by atoms with van der Waals surface area (Å²) in [6, 6.07) is 4.11. The molecule has 0 bridgehead atoms. The Bertz CT molecular complexity index is 462. The molecule has 0 unspecified atom stereocenters. The maximum absolute atomic E-state index is 5.31. The molecule has 2 aromatic heterocycles. The highest BCUT2D eigenvalue weighted by molar-refractivity contribution is 7.09. The van der Waals surface area contributed by atoms with Gasteiger partial charge in [-0.25, -0.2) is 0 Å². The van der Waals surface area contributed by atoms with E-state index >= 15 is 0 Å². The van der Waals surface area contributed by atoms with Gasteiger partial charge in [0, 0.05) is 11.3 Å². The Morgan fingerprint density at radius 2 is 2.29 bits per heavy atom. The van der Waals surface area contributed by atoms with Crippen molar-refractivity contribution in [1.82, 2.24) is 15.5 Å². The molecule has 0 aliphatic heterocycles. The molecule has 92 valence electrons. The minimum atomic E-state index is -0.268. The Morgan fingerprint density at radius 3 is 2.94 bits per heavy atom. The molecule has 0 fully saturated rings. The minimum absolute atomic E-state index is 0.268. The van der Waals surface area contributed by atoms with Crippen LogP contribution in [0.25, 0.3) is 0 Å². The van der Waals surface area contributed by atoms with Gasteiger partial charge < -0.3 is 9.84 Å². The van der Waals surface area contributed by atoms with Crippen LogP contribution in [0.5, 0.6) is 0 Å². The molecule has 0 aliphatic rings. The third kappa shape index (κ3) is 2.92. The van der Waals surface area contributed by atoms with Gasteiger partial charge in [0.05, 0.1) is 5.54 Å². The van der Waals surface area contributed by atoms with E-state index < -0.39 is 0 Å². The van der Waals surface area contributed by atoms with Gasteiger partial charge in [-0.3, -0.25) is 0 Å². The maximum atomic E-state index is 5.31. The second-order valence-electron chi connectivity index (χ2n) is 4.43. The second-order valence-corrected chi connectivity index (χ2v) is 5.46. The first kappa shape index (κ1) is 12.3. The van der Waals surface area contributed by atoms with Gasteiger partial charge in [-0.05, 0) is 31.8 Å². The number of hydrogen-bond donors (Lipinski definition) is 1. The molecule has 1 N–H and O–H groups in total. The van der Waals surface area contributed by atoms with Gasteiger partial charge in [0.1, 0.15) is 0 Å². The van der Waals surface area contributed by atoms with Crippen molar-refractivity contribution in [3.63, 3.8) is 0 Å². The van der Waals surface area contributed by atoms with Crippen molar-refractivity contribution in [1.29, 1.82) is 0 Å². The number of nitrogens with zero attached hydrogens (tertiary/aromatic N) is 2. The van der Waals surface area contributed by atoms with Gasteiger partial charge in [-0.1, -0.05) is 18.1 Å². The third-order valence-corrected chi connectivity index (χ3v) is 3.41. The van der Waals surface area contributed by atoms with Crippen molar-refractivity contribution in [2.24, 2.45) is 0 Å². The van der Waals surface area contributed by atoms with Gasteiger partial charge in [0.25, 0.3) is 0 Å². The highest BCUT2D eigenvalue weighted by atomic mass is 32.1. The van der Waals surface area contributed by atoms with Gasteiger partial charge in [0.2, 0.25) is 5.89 Å². The highest BCUT2D eigenvalue weighted by Gasteiger charge is 2.26. The average molecular weight is 251 g/mol. The van der Waals surface area contributed by atoms with Crippen LogP contribution < -0.4 is 5.32 Å². The molecule has 4 nitrogen and oxygen atoms in total. The zero-order valence-corrected chi connectivity index (χ0v) is 11.2. The molecule has 0 aromatic carbocycles. The van der Waals surface area contributed by atoms with Crippen LogP contribution in [0.4, 0.5) is 0 Å². The SMILES string of the molecule is CCNC(C)(C)c1nc(Cc2cccs2)no1. The van der Waals surface area contributed by atoms with E-state index in [-0.39, 0.29) is 5.54 Å².